The lowest BCUT2D eigenvalue weighted by atomic mass is 10.1. The van der Waals surface area contributed by atoms with Crippen molar-refractivity contribution in [1.29, 1.82) is 0 Å². The zero-order valence-corrected chi connectivity index (χ0v) is 16.0. The molecule has 1 unspecified atom stereocenters. The van der Waals surface area contributed by atoms with E-state index in [0.29, 0.717) is 12.8 Å². The highest BCUT2D eigenvalue weighted by Crippen LogP contribution is 2.29. The van der Waals surface area contributed by atoms with Crippen molar-refractivity contribution < 1.29 is 22.7 Å². The zero-order chi connectivity index (χ0) is 19.6. The van der Waals surface area contributed by atoms with Gasteiger partial charge in [0.15, 0.2) is 0 Å². The average molecular weight is 387 g/mol. The van der Waals surface area contributed by atoms with Crippen LogP contribution in [0.15, 0.2) is 47.4 Å². The minimum Gasteiger partial charge on any atom is -0.469 e. The van der Waals surface area contributed by atoms with Crippen molar-refractivity contribution in [2.24, 2.45) is 5.92 Å². The first-order chi connectivity index (χ1) is 12.8. The number of hydrogen-bond donors (Lipinski definition) is 1. The number of rotatable bonds is 5. The Labute approximate surface area is 158 Å². The predicted octanol–water partition coefficient (Wildman–Crippen LogP) is 1.93. The molecule has 6 nitrogen and oxygen atoms in total. The standard InChI is InChI=1S/C20H21NO5S/c1-13-3-5-14(6-4-13)9-19(22)21-27(24,25)18-8-7-15-10-17(20(23)26-2)11-16(15)12-18/h3-8,12,17H,9-11H2,1-2H3,(H,21,22). The summed E-state index contributed by atoms with van der Waals surface area (Å²) in [7, 11) is -2.63. The van der Waals surface area contributed by atoms with Crippen molar-refractivity contribution in [3.05, 3.63) is 64.7 Å². The highest BCUT2D eigenvalue weighted by Gasteiger charge is 2.29. The third-order valence-electron chi connectivity index (χ3n) is 4.69. The number of carbonyl (C=O) groups excluding carboxylic acids is 2. The number of ether oxygens (including phenoxy) is 1. The van der Waals surface area contributed by atoms with Crippen LogP contribution in [0.25, 0.3) is 0 Å². The number of benzene rings is 2. The summed E-state index contributed by atoms with van der Waals surface area (Å²) in [6, 6.07) is 12.0. The van der Waals surface area contributed by atoms with Crippen LogP contribution in [0.4, 0.5) is 0 Å². The Morgan fingerprint density at radius 3 is 2.41 bits per heavy atom. The first-order valence-corrected chi connectivity index (χ1v) is 10.1. The van der Waals surface area contributed by atoms with Crippen LogP contribution in [0.5, 0.6) is 0 Å². The van der Waals surface area contributed by atoms with E-state index in [4.69, 9.17) is 4.74 Å². The molecule has 1 atom stereocenters. The van der Waals surface area contributed by atoms with E-state index in [9.17, 15) is 18.0 Å². The molecule has 0 fully saturated rings. The molecular weight excluding hydrogens is 366 g/mol. The molecule has 0 saturated carbocycles. The molecule has 0 radical (unpaired) electrons. The summed E-state index contributed by atoms with van der Waals surface area (Å²) in [5.41, 5.74) is 3.52. The maximum absolute atomic E-state index is 12.5. The van der Waals surface area contributed by atoms with Gasteiger partial charge < -0.3 is 4.74 Å². The summed E-state index contributed by atoms with van der Waals surface area (Å²) in [5.74, 6) is -1.19. The topological polar surface area (TPSA) is 89.5 Å². The van der Waals surface area contributed by atoms with E-state index in [-0.39, 0.29) is 23.2 Å². The molecule has 0 spiro atoms. The quantitative estimate of drug-likeness (QED) is 0.792. The highest BCUT2D eigenvalue weighted by atomic mass is 32.2. The number of sulfonamides is 1. The van der Waals surface area contributed by atoms with Gasteiger partial charge in [0.05, 0.1) is 24.3 Å². The number of methoxy groups -OCH3 is 1. The first kappa shape index (κ1) is 19.1. The van der Waals surface area contributed by atoms with E-state index in [1.165, 1.54) is 19.2 Å². The molecule has 1 N–H and O–H groups in total. The Bertz CT molecular complexity index is 980. The minimum atomic E-state index is -3.97. The molecule has 2 aromatic carbocycles. The molecule has 0 saturated heterocycles. The second-order valence-corrected chi connectivity index (χ2v) is 8.43. The van der Waals surface area contributed by atoms with Crippen LogP contribution in [0.3, 0.4) is 0 Å². The summed E-state index contributed by atoms with van der Waals surface area (Å²) in [4.78, 5) is 23.9. The van der Waals surface area contributed by atoms with Gasteiger partial charge in [0.25, 0.3) is 10.0 Å². The Balaban J connectivity index is 1.71. The molecule has 1 aliphatic rings. The van der Waals surface area contributed by atoms with Crippen LogP contribution in [0, 0.1) is 12.8 Å². The van der Waals surface area contributed by atoms with E-state index in [0.717, 1.165) is 22.3 Å². The zero-order valence-electron chi connectivity index (χ0n) is 15.2. The fourth-order valence-electron chi connectivity index (χ4n) is 3.23. The molecule has 2 aromatic rings. The fourth-order valence-corrected chi connectivity index (χ4v) is 4.27. The van der Waals surface area contributed by atoms with E-state index in [2.05, 4.69) is 4.72 Å². The summed E-state index contributed by atoms with van der Waals surface area (Å²) in [6.45, 7) is 1.94. The van der Waals surface area contributed by atoms with Gasteiger partial charge in [-0.15, -0.1) is 0 Å². The van der Waals surface area contributed by atoms with E-state index < -0.39 is 15.9 Å². The third kappa shape index (κ3) is 4.36. The predicted molar refractivity (Wildman–Crippen MR) is 99.6 cm³/mol. The van der Waals surface area contributed by atoms with Crippen molar-refractivity contribution in [3.8, 4) is 0 Å². The van der Waals surface area contributed by atoms with Gasteiger partial charge in [-0.25, -0.2) is 13.1 Å². The number of aryl methyl sites for hydroxylation is 1. The maximum atomic E-state index is 12.5. The number of hydrogen-bond acceptors (Lipinski definition) is 5. The number of fused-ring (bicyclic) bond motifs is 1. The smallest absolute Gasteiger partial charge is 0.309 e. The number of amides is 1. The average Bonchev–Trinajstić information content (AvgIpc) is 3.05. The summed E-state index contributed by atoms with van der Waals surface area (Å²) < 4.78 is 31.9. The molecule has 3 rings (SSSR count). The van der Waals surface area contributed by atoms with Crippen LogP contribution in [0.2, 0.25) is 0 Å². The van der Waals surface area contributed by atoms with Gasteiger partial charge in [-0.05, 0) is 48.6 Å². The summed E-state index contributed by atoms with van der Waals surface area (Å²) >= 11 is 0. The summed E-state index contributed by atoms with van der Waals surface area (Å²) in [5, 5.41) is 0. The fraction of sp³-hybridized carbons (Fsp3) is 0.300. The molecule has 0 heterocycles. The van der Waals surface area contributed by atoms with Gasteiger partial charge in [0.2, 0.25) is 5.91 Å². The lowest BCUT2D eigenvalue weighted by molar-refractivity contribution is -0.145. The number of nitrogens with one attached hydrogen (secondary N) is 1. The van der Waals surface area contributed by atoms with Crippen LogP contribution >= 0.6 is 0 Å². The number of carbonyl (C=O) groups is 2. The first-order valence-electron chi connectivity index (χ1n) is 8.59. The van der Waals surface area contributed by atoms with Gasteiger partial charge in [-0.1, -0.05) is 35.9 Å². The van der Waals surface area contributed by atoms with Gasteiger partial charge in [-0.3, -0.25) is 9.59 Å². The molecule has 0 bridgehead atoms. The van der Waals surface area contributed by atoms with Crippen molar-refractivity contribution in [2.75, 3.05) is 7.11 Å². The van der Waals surface area contributed by atoms with Crippen LogP contribution < -0.4 is 4.72 Å². The van der Waals surface area contributed by atoms with Gasteiger partial charge in [-0.2, -0.15) is 0 Å². The molecule has 0 aliphatic heterocycles. The molecule has 0 aromatic heterocycles. The Kier molecular flexibility index (Phi) is 5.32. The van der Waals surface area contributed by atoms with Gasteiger partial charge in [0, 0.05) is 0 Å². The monoisotopic (exact) mass is 387 g/mol. The number of esters is 1. The van der Waals surface area contributed by atoms with Gasteiger partial charge in [0.1, 0.15) is 0 Å². The van der Waals surface area contributed by atoms with Crippen molar-refractivity contribution in [3.63, 3.8) is 0 Å². The Morgan fingerprint density at radius 2 is 1.74 bits per heavy atom. The molecule has 27 heavy (non-hydrogen) atoms. The summed E-state index contributed by atoms with van der Waals surface area (Å²) in [6.07, 6.45) is 0.944. The van der Waals surface area contributed by atoms with E-state index in [1.807, 2.05) is 19.1 Å². The minimum absolute atomic E-state index is 0.0176. The largest absolute Gasteiger partial charge is 0.469 e. The second-order valence-electron chi connectivity index (χ2n) is 6.75. The highest BCUT2D eigenvalue weighted by molar-refractivity contribution is 7.90. The Hall–Kier alpha value is -2.67. The molecule has 7 heteroatoms. The van der Waals surface area contributed by atoms with Crippen molar-refractivity contribution in [2.45, 2.75) is 31.1 Å². The van der Waals surface area contributed by atoms with E-state index in [1.54, 1.807) is 18.2 Å². The molecular formula is C20H21NO5S. The van der Waals surface area contributed by atoms with Gasteiger partial charge >= 0.3 is 5.97 Å². The van der Waals surface area contributed by atoms with Crippen molar-refractivity contribution >= 4 is 21.9 Å². The third-order valence-corrected chi connectivity index (χ3v) is 6.06. The van der Waals surface area contributed by atoms with Crippen LogP contribution in [-0.2, 0) is 43.6 Å². The molecule has 1 amide bonds. The lowest BCUT2D eigenvalue weighted by Gasteiger charge is -2.09. The lowest BCUT2D eigenvalue weighted by Crippen LogP contribution is -2.31. The molecule has 142 valence electrons. The SMILES string of the molecule is COC(=O)C1Cc2ccc(S(=O)(=O)NC(=O)Cc3ccc(C)cc3)cc2C1. The Morgan fingerprint density at radius 1 is 1.07 bits per heavy atom. The van der Waals surface area contributed by atoms with E-state index >= 15 is 0 Å². The maximum Gasteiger partial charge on any atom is 0.309 e. The second kappa shape index (κ2) is 7.52. The van der Waals surface area contributed by atoms with Crippen LogP contribution in [0.1, 0.15) is 22.3 Å². The molecule has 1 aliphatic carbocycles. The normalized spacial score (nSPS) is 15.9. The van der Waals surface area contributed by atoms with Crippen LogP contribution in [-0.4, -0.2) is 27.4 Å². The van der Waals surface area contributed by atoms with Crippen molar-refractivity contribution in [1.82, 2.24) is 4.72 Å².